The van der Waals surface area contributed by atoms with Crippen LogP contribution < -0.4 is 0 Å². The van der Waals surface area contributed by atoms with Crippen molar-refractivity contribution in [3.8, 4) is 0 Å². The molecule has 0 aliphatic heterocycles. The van der Waals surface area contributed by atoms with E-state index in [4.69, 9.17) is 10.8 Å². The van der Waals surface area contributed by atoms with Gasteiger partial charge in [-0.2, -0.15) is 0 Å². The first-order valence-electron chi connectivity index (χ1n) is 3.85. The Bertz CT molecular complexity index is 286. The Morgan fingerprint density at radius 2 is 2.00 bits per heavy atom. The van der Waals surface area contributed by atoms with Crippen LogP contribution in [0.4, 0.5) is 0 Å². The smallest absolute Gasteiger partial charge is 0.0657 e. The van der Waals surface area contributed by atoms with Crippen molar-refractivity contribution in [3.63, 3.8) is 0 Å². The van der Waals surface area contributed by atoms with Crippen LogP contribution in [0, 0.1) is 23.9 Å². The molecule has 63 valence electrons. The summed E-state index contributed by atoms with van der Waals surface area (Å²) in [6, 6.07) is 0. The molecule has 1 aromatic heterocycles. The van der Waals surface area contributed by atoms with Gasteiger partial charge in [-0.1, -0.05) is 0 Å². The lowest BCUT2D eigenvalue weighted by molar-refractivity contribution is 1.14. The highest BCUT2D eigenvalue weighted by atomic mass is 14.7. The number of nitrogens with one attached hydrogen (secondary N) is 3. The third-order valence-corrected chi connectivity index (χ3v) is 1.83. The highest BCUT2D eigenvalue weighted by Crippen LogP contribution is 2.12. The second kappa shape index (κ2) is 3.85. The molecule has 3 heteroatoms. The van der Waals surface area contributed by atoms with Crippen LogP contribution in [0.25, 0.3) is 0 Å². The fourth-order valence-corrected chi connectivity index (χ4v) is 1.20. The third-order valence-electron chi connectivity index (χ3n) is 1.83. The molecule has 0 saturated heterocycles. The number of aromatic nitrogens is 1. The monoisotopic (exact) mass is 162 g/mol. The molecule has 0 spiro atoms. The summed E-state index contributed by atoms with van der Waals surface area (Å²) in [5.74, 6) is 0. The number of hydrogen-bond donors (Lipinski definition) is 3. The van der Waals surface area contributed by atoms with E-state index in [0.29, 0.717) is 12.8 Å². The molecule has 0 saturated carbocycles. The Kier molecular flexibility index (Phi) is 2.80. The molecule has 0 amide bonds. The molecule has 1 aromatic rings. The number of H-pyrrole nitrogens is 1. The molecular formula is C9H12N3. The summed E-state index contributed by atoms with van der Waals surface area (Å²) in [7, 11) is 0. The van der Waals surface area contributed by atoms with Gasteiger partial charge in [-0.3, -0.25) is 0 Å². The van der Waals surface area contributed by atoms with Gasteiger partial charge >= 0.3 is 0 Å². The zero-order valence-electron chi connectivity index (χ0n) is 7.07. The van der Waals surface area contributed by atoms with E-state index in [-0.39, 0.29) is 0 Å². The molecule has 0 aliphatic carbocycles. The minimum atomic E-state index is 0.605. The van der Waals surface area contributed by atoms with E-state index in [1.165, 1.54) is 12.4 Å². The fourth-order valence-electron chi connectivity index (χ4n) is 1.20. The zero-order valence-corrected chi connectivity index (χ0v) is 7.07. The Morgan fingerprint density at radius 1 is 1.33 bits per heavy atom. The van der Waals surface area contributed by atoms with Crippen molar-refractivity contribution in [2.75, 3.05) is 0 Å². The van der Waals surface area contributed by atoms with E-state index in [1.807, 2.05) is 6.92 Å². The number of aryl methyl sites for hydroxylation is 1. The lowest BCUT2D eigenvalue weighted by Crippen LogP contribution is -1.94. The standard InChI is InChI=1S/C9H12N3/c1-7-6-12-9(3-5-11)8(7)2-4-10/h4-5,10-12H,2-3H2,1H3. The molecule has 3 nitrogen and oxygen atoms in total. The maximum Gasteiger partial charge on any atom is 0.0657 e. The van der Waals surface area contributed by atoms with E-state index in [0.717, 1.165) is 16.8 Å². The van der Waals surface area contributed by atoms with Gasteiger partial charge in [0.2, 0.25) is 0 Å². The average Bonchev–Trinajstić information content (AvgIpc) is 2.37. The molecule has 0 unspecified atom stereocenters. The Hall–Kier alpha value is -1.38. The van der Waals surface area contributed by atoms with Gasteiger partial charge in [0.05, 0.1) is 6.20 Å². The number of hydrogen-bond acceptors (Lipinski definition) is 2. The van der Waals surface area contributed by atoms with E-state index in [2.05, 4.69) is 11.2 Å². The van der Waals surface area contributed by atoms with Crippen LogP contribution in [-0.2, 0) is 12.8 Å². The summed E-state index contributed by atoms with van der Waals surface area (Å²) in [5.41, 5.74) is 3.16. The van der Waals surface area contributed by atoms with Crippen molar-refractivity contribution >= 4 is 12.4 Å². The molecule has 1 rings (SSSR count). The molecule has 1 radical (unpaired) electrons. The maximum absolute atomic E-state index is 6.99. The summed E-state index contributed by atoms with van der Waals surface area (Å²) in [6.45, 7) is 1.96. The first-order chi connectivity index (χ1) is 5.79. The van der Waals surface area contributed by atoms with Crippen LogP contribution in [0.15, 0.2) is 0 Å². The second-order valence-electron chi connectivity index (χ2n) is 2.65. The lowest BCUT2D eigenvalue weighted by atomic mass is 10.1. The summed E-state index contributed by atoms with van der Waals surface area (Å²) in [4.78, 5) is 2.98. The van der Waals surface area contributed by atoms with Crippen molar-refractivity contribution in [3.05, 3.63) is 23.0 Å². The van der Waals surface area contributed by atoms with Gasteiger partial charge in [-0.25, -0.2) is 0 Å². The summed E-state index contributed by atoms with van der Waals surface area (Å²) in [6.07, 6.45) is 6.94. The van der Waals surface area contributed by atoms with Crippen LogP contribution in [0.2, 0.25) is 0 Å². The Balaban J connectivity index is 2.94. The SMILES string of the molecule is Cc1[c][nH]c(CC=N)c1CC=N. The molecule has 0 fully saturated rings. The number of rotatable bonds is 4. The molecule has 0 atom stereocenters. The van der Waals surface area contributed by atoms with Crippen LogP contribution in [0.1, 0.15) is 16.8 Å². The highest BCUT2D eigenvalue weighted by Gasteiger charge is 2.05. The Labute approximate surface area is 71.8 Å². The van der Waals surface area contributed by atoms with Crippen molar-refractivity contribution < 1.29 is 0 Å². The first-order valence-corrected chi connectivity index (χ1v) is 3.85. The van der Waals surface area contributed by atoms with Crippen molar-refractivity contribution in [1.29, 1.82) is 10.8 Å². The molecule has 0 aliphatic rings. The topological polar surface area (TPSA) is 63.5 Å². The third kappa shape index (κ3) is 1.61. The largest absolute Gasteiger partial charge is 0.356 e. The predicted molar refractivity (Wildman–Crippen MR) is 49.3 cm³/mol. The van der Waals surface area contributed by atoms with E-state index < -0.39 is 0 Å². The number of aromatic amines is 1. The van der Waals surface area contributed by atoms with Gasteiger partial charge in [0, 0.05) is 24.8 Å². The molecule has 3 N–H and O–H groups in total. The maximum atomic E-state index is 6.99. The fraction of sp³-hybridized carbons (Fsp3) is 0.333. The van der Waals surface area contributed by atoms with Gasteiger partial charge in [0.15, 0.2) is 0 Å². The minimum Gasteiger partial charge on any atom is -0.356 e. The summed E-state index contributed by atoms with van der Waals surface area (Å²) in [5, 5.41) is 14.0. The summed E-state index contributed by atoms with van der Waals surface area (Å²) >= 11 is 0. The first kappa shape index (κ1) is 8.71. The lowest BCUT2D eigenvalue weighted by Gasteiger charge is -1.97. The van der Waals surface area contributed by atoms with Gasteiger partial charge in [-0.15, -0.1) is 0 Å². The summed E-state index contributed by atoms with van der Waals surface area (Å²) < 4.78 is 0. The van der Waals surface area contributed by atoms with Crippen molar-refractivity contribution in [2.24, 2.45) is 0 Å². The van der Waals surface area contributed by atoms with Gasteiger partial charge < -0.3 is 15.8 Å². The molecular weight excluding hydrogens is 150 g/mol. The van der Waals surface area contributed by atoms with E-state index in [1.54, 1.807) is 0 Å². The normalized spacial score (nSPS) is 9.75. The second-order valence-corrected chi connectivity index (χ2v) is 2.65. The quantitative estimate of drug-likeness (QED) is 0.562. The van der Waals surface area contributed by atoms with Crippen molar-refractivity contribution in [2.45, 2.75) is 19.8 Å². The van der Waals surface area contributed by atoms with E-state index >= 15 is 0 Å². The van der Waals surface area contributed by atoms with Gasteiger partial charge in [-0.05, 0) is 24.3 Å². The molecule has 1 heterocycles. The van der Waals surface area contributed by atoms with Crippen LogP contribution in [0.5, 0.6) is 0 Å². The Morgan fingerprint density at radius 3 is 2.58 bits per heavy atom. The van der Waals surface area contributed by atoms with Crippen molar-refractivity contribution in [1.82, 2.24) is 4.98 Å². The zero-order chi connectivity index (χ0) is 8.97. The average molecular weight is 162 g/mol. The van der Waals surface area contributed by atoms with Crippen LogP contribution in [0.3, 0.4) is 0 Å². The predicted octanol–water partition coefficient (Wildman–Crippen LogP) is 1.51. The molecule has 0 bridgehead atoms. The molecule has 12 heavy (non-hydrogen) atoms. The minimum absolute atomic E-state index is 0.605. The molecule has 0 aromatic carbocycles. The van der Waals surface area contributed by atoms with Gasteiger partial charge in [0.1, 0.15) is 0 Å². The van der Waals surface area contributed by atoms with Gasteiger partial charge in [0.25, 0.3) is 0 Å². The highest BCUT2D eigenvalue weighted by molar-refractivity contribution is 5.63. The van der Waals surface area contributed by atoms with Crippen LogP contribution in [-0.4, -0.2) is 17.4 Å². The van der Waals surface area contributed by atoms with Crippen LogP contribution >= 0.6 is 0 Å². The van der Waals surface area contributed by atoms with E-state index in [9.17, 15) is 0 Å².